The monoisotopic (exact) mass is 350 g/mol. The summed E-state index contributed by atoms with van der Waals surface area (Å²) in [6.07, 6.45) is 0.277. The minimum Gasteiger partial charge on any atom is -0.461 e. The second-order valence-electron chi connectivity index (χ2n) is 4.67. The van der Waals surface area contributed by atoms with E-state index >= 15 is 0 Å². The number of benzene rings is 2. The summed E-state index contributed by atoms with van der Waals surface area (Å²) in [7, 11) is 0. The Hall–Kier alpha value is -2.04. The summed E-state index contributed by atoms with van der Waals surface area (Å²) >= 11 is 12.0. The van der Waals surface area contributed by atoms with E-state index in [0.717, 1.165) is 11.3 Å². The quantitative estimate of drug-likeness (QED) is 0.471. The molecular weight excluding hydrogens is 335 g/mol. The van der Waals surface area contributed by atoms with Crippen LogP contribution in [-0.4, -0.2) is 18.3 Å². The van der Waals surface area contributed by atoms with Gasteiger partial charge in [-0.3, -0.25) is 5.43 Å². The van der Waals surface area contributed by atoms with E-state index in [4.69, 9.17) is 27.9 Å². The summed E-state index contributed by atoms with van der Waals surface area (Å²) in [6.45, 7) is 2.03. The van der Waals surface area contributed by atoms with E-state index in [1.807, 2.05) is 18.2 Å². The van der Waals surface area contributed by atoms with E-state index in [-0.39, 0.29) is 18.7 Å². The van der Waals surface area contributed by atoms with Crippen molar-refractivity contribution in [3.63, 3.8) is 0 Å². The van der Waals surface area contributed by atoms with Crippen molar-refractivity contribution in [2.45, 2.75) is 13.3 Å². The number of anilines is 1. The third kappa shape index (κ3) is 5.27. The fourth-order valence-corrected chi connectivity index (χ4v) is 2.18. The Kier molecular flexibility index (Phi) is 6.44. The molecule has 0 saturated carbocycles. The van der Waals surface area contributed by atoms with Gasteiger partial charge in [-0.15, -0.1) is 0 Å². The first-order valence-corrected chi connectivity index (χ1v) is 7.84. The second-order valence-corrected chi connectivity index (χ2v) is 5.51. The molecule has 2 aromatic carbocycles. The molecule has 0 fully saturated rings. The van der Waals surface area contributed by atoms with E-state index < -0.39 is 5.97 Å². The lowest BCUT2D eigenvalue weighted by Crippen LogP contribution is -2.21. The molecule has 1 N–H and O–H groups in total. The predicted molar refractivity (Wildman–Crippen MR) is 94.3 cm³/mol. The summed E-state index contributed by atoms with van der Waals surface area (Å²) in [4.78, 5) is 12.1. The highest BCUT2D eigenvalue weighted by Gasteiger charge is 2.15. The Bertz CT molecular complexity index is 700. The van der Waals surface area contributed by atoms with Gasteiger partial charge in [0.25, 0.3) is 0 Å². The summed E-state index contributed by atoms with van der Waals surface area (Å²) < 4.78 is 5.05. The van der Waals surface area contributed by atoms with Crippen LogP contribution in [0.25, 0.3) is 0 Å². The first-order chi connectivity index (χ1) is 11.1. The first kappa shape index (κ1) is 17.3. The number of halogens is 2. The van der Waals surface area contributed by atoms with Gasteiger partial charge in [-0.05, 0) is 42.8 Å². The van der Waals surface area contributed by atoms with Crippen molar-refractivity contribution < 1.29 is 9.53 Å². The molecule has 0 aliphatic rings. The van der Waals surface area contributed by atoms with Crippen molar-refractivity contribution in [1.82, 2.24) is 0 Å². The van der Waals surface area contributed by atoms with E-state index in [2.05, 4.69) is 10.5 Å². The van der Waals surface area contributed by atoms with Gasteiger partial charge < -0.3 is 4.74 Å². The maximum absolute atomic E-state index is 12.1. The normalized spacial score (nSPS) is 11.2. The SMILES string of the molecule is CCOC(=O)C(Cc1ccccc1Cl)=NNc1ccc(Cl)cc1. The molecule has 0 aliphatic carbocycles. The van der Waals surface area contributed by atoms with Crippen LogP contribution in [0.15, 0.2) is 53.6 Å². The fourth-order valence-electron chi connectivity index (χ4n) is 1.85. The van der Waals surface area contributed by atoms with Crippen molar-refractivity contribution in [2.75, 3.05) is 12.0 Å². The van der Waals surface area contributed by atoms with E-state index in [9.17, 15) is 4.79 Å². The van der Waals surface area contributed by atoms with Crippen LogP contribution in [-0.2, 0) is 16.0 Å². The van der Waals surface area contributed by atoms with Gasteiger partial charge >= 0.3 is 5.97 Å². The Morgan fingerprint density at radius 2 is 1.83 bits per heavy atom. The molecule has 0 heterocycles. The highest BCUT2D eigenvalue weighted by atomic mass is 35.5. The van der Waals surface area contributed by atoms with Crippen LogP contribution >= 0.6 is 23.2 Å². The molecule has 0 bridgehead atoms. The smallest absolute Gasteiger partial charge is 0.354 e. The van der Waals surface area contributed by atoms with Crippen LogP contribution < -0.4 is 5.43 Å². The van der Waals surface area contributed by atoms with Crippen LogP contribution in [0, 0.1) is 0 Å². The zero-order chi connectivity index (χ0) is 16.7. The standard InChI is InChI=1S/C17H16Cl2N2O2/c1-2-23-17(22)16(11-12-5-3-4-6-15(12)19)21-20-14-9-7-13(18)8-10-14/h3-10,20H,2,11H2,1H3. The minimum atomic E-state index is -0.478. The van der Waals surface area contributed by atoms with Crippen molar-refractivity contribution in [2.24, 2.45) is 5.10 Å². The number of ether oxygens (including phenoxy) is 1. The van der Waals surface area contributed by atoms with Crippen molar-refractivity contribution >= 4 is 40.6 Å². The van der Waals surface area contributed by atoms with Crippen molar-refractivity contribution in [1.29, 1.82) is 0 Å². The molecule has 0 unspecified atom stereocenters. The van der Waals surface area contributed by atoms with E-state index in [1.54, 1.807) is 37.3 Å². The Balaban J connectivity index is 2.19. The minimum absolute atomic E-state index is 0.245. The lowest BCUT2D eigenvalue weighted by molar-refractivity contribution is -0.135. The summed E-state index contributed by atoms with van der Waals surface area (Å²) in [5.74, 6) is -0.478. The van der Waals surface area contributed by atoms with Gasteiger partial charge in [0.2, 0.25) is 0 Å². The van der Waals surface area contributed by atoms with Gasteiger partial charge in [0.15, 0.2) is 0 Å². The Morgan fingerprint density at radius 3 is 2.48 bits per heavy atom. The molecule has 0 spiro atoms. The molecule has 0 aromatic heterocycles. The zero-order valence-corrected chi connectivity index (χ0v) is 14.1. The largest absolute Gasteiger partial charge is 0.461 e. The average molecular weight is 351 g/mol. The fraction of sp³-hybridized carbons (Fsp3) is 0.176. The van der Waals surface area contributed by atoms with Crippen LogP contribution in [0.1, 0.15) is 12.5 Å². The van der Waals surface area contributed by atoms with Crippen LogP contribution in [0.5, 0.6) is 0 Å². The lowest BCUT2D eigenvalue weighted by Gasteiger charge is -2.08. The first-order valence-electron chi connectivity index (χ1n) is 7.09. The average Bonchev–Trinajstić information content (AvgIpc) is 2.55. The van der Waals surface area contributed by atoms with Crippen LogP contribution in [0.4, 0.5) is 5.69 Å². The molecule has 0 saturated heterocycles. The number of carbonyl (C=O) groups is 1. The van der Waals surface area contributed by atoms with E-state index in [1.165, 1.54) is 0 Å². The molecule has 4 nitrogen and oxygen atoms in total. The highest BCUT2D eigenvalue weighted by Crippen LogP contribution is 2.17. The molecule has 2 aromatic rings. The maximum Gasteiger partial charge on any atom is 0.354 e. The number of rotatable bonds is 6. The second kappa shape index (κ2) is 8.56. The molecule has 2 rings (SSSR count). The van der Waals surface area contributed by atoms with Gasteiger partial charge in [0, 0.05) is 16.5 Å². The van der Waals surface area contributed by atoms with Crippen molar-refractivity contribution in [3.05, 3.63) is 64.1 Å². The number of hydrazone groups is 1. The third-order valence-corrected chi connectivity index (χ3v) is 3.61. The molecular formula is C17H16Cl2N2O2. The van der Waals surface area contributed by atoms with Gasteiger partial charge in [0.05, 0.1) is 12.3 Å². The Morgan fingerprint density at radius 1 is 1.13 bits per heavy atom. The summed E-state index contributed by atoms with van der Waals surface area (Å²) in [5.41, 5.74) is 4.60. The number of hydrogen-bond acceptors (Lipinski definition) is 4. The molecule has 23 heavy (non-hydrogen) atoms. The van der Waals surface area contributed by atoms with Gasteiger partial charge in [-0.2, -0.15) is 5.10 Å². The number of nitrogens with one attached hydrogen (secondary N) is 1. The summed E-state index contributed by atoms with van der Waals surface area (Å²) in [6, 6.07) is 14.3. The maximum atomic E-state index is 12.1. The number of esters is 1. The Labute approximate surface area is 145 Å². The highest BCUT2D eigenvalue weighted by molar-refractivity contribution is 6.38. The number of nitrogens with zero attached hydrogens (tertiary/aromatic N) is 1. The molecule has 6 heteroatoms. The molecule has 120 valence electrons. The molecule has 0 atom stereocenters. The molecule has 0 radical (unpaired) electrons. The molecule has 0 amide bonds. The van der Waals surface area contributed by atoms with E-state index in [0.29, 0.717) is 10.0 Å². The van der Waals surface area contributed by atoms with Crippen molar-refractivity contribution in [3.8, 4) is 0 Å². The summed E-state index contributed by atoms with van der Waals surface area (Å²) in [5, 5.41) is 5.37. The number of hydrogen-bond donors (Lipinski definition) is 1. The van der Waals surface area contributed by atoms with Crippen LogP contribution in [0.2, 0.25) is 10.0 Å². The zero-order valence-electron chi connectivity index (χ0n) is 12.6. The van der Waals surface area contributed by atoms with Gasteiger partial charge in [0.1, 0.15) is 5.71 Å². The molecule has 0 aliphatic heterocycles. The predicted octanol–water partition coefficient (Wildman–Crippen LogP) is 4.57. The van der Waals surface area contributed by atoms with Gasteiger partial charge in [-0.1, -0.05) is 41.4 Å². The van der Waals surface area contributed by atoms with Gasteiger partial charge in [-0.25, -0.2) is 4.79 Å². The lowest BCUT2D eigenvalue weighted by atomic mass is 10.1. The van der Waals surface area contributed by atoms with Crippen LogP contribution in [0.3, 0.4) is 0 Å². The topological polar surface area (TPSA) is 50.7 Å². The number of carbonyl (C=O) groups excluding carboxylic acids is 1. The third-order valence-electron chi connectivity index (χ3n) is 2.99.